The van der Waals surface area contributed by atoms with Crippen molar-refractivity contribution < 1.29 is 14.3 Å². The quantitative estimate of drug-likeness (QED) is 0.567. The molecule has 1 saturated heterocycles. The van der Waals surface area contributed by atoms with Crippen LogP contribution < -0.4 is 25.4 Å². The van der Waals surface area contributed by atoms with Crippen LogP contribution in [-0.4, -0.2) is 54.8 Å². The highest BCUT2D eigenvalue weighted by Gasteiger charge is 2.39. The van der Waals surface area contributed by atoms with Crippen LogP contribution in [-0.2, 0) is 6.54 Å². The summed E-state index contributed by atoms with van der Waals surface area (Å²) in [4.78, 5) is 17.7. The third-order valence-corrected chi connectivity index (χ3v) is 8.11. The molecule has 2 fully saturated rings. The molecule has 1 saturated carbocycles. The normalized spacial score (nSPS) is 22.8. The third kappa shape index (κ3) is 3.58. The van der Waals surface area contributed by atoms with Crippen LogP contribution in [0.25, 0.3) is 10.9 Å². The van der Waals surface area contributed by atoms with Crippen molar-refractivity contribution in [1.82, 2.24) is 9.47 Å². The number of carbonyl (C=O) groups excluding carboxylic acids is 1. The summed E-state index contributed by atoms with van der Waals surface area (Å²) in [6.45, 7) is 3.76. The monoisotopic (exact) mass is 487 g/mol. The van der Waals surface area contributed by atoms with Gasteiger partial charge in [0.15, 0.2) is 0 Å². The maximum atomic E-state index is 13.4. The fraction of sp³-hybridized carbons (Fsp3) is 0.464. The molecule has 36 heavy (non-hydrogen) atoms. The molecule has 1 aromatic heterocycles. The Bertz CT molecular complexity index is 1350. The first kappa shape index (κ1) is 21.9. The smallest absolute Gasteiger partial charge is 0.254 e. The SMILES string of the molecule is COc1ccc2cc([C@@H]3Nc4cc(C(=O)N5CCCC(N)C5)cc5c4N3CCO5)n(CC3CC3)c2c1. The Morgan fingerprint density at radius 1 is 1.17 bits per heavy atom. The number of carbonyl (C=O) groups is 1. The van der Waals surface area contributed by atoms with Gasteiger partial charge in [-0.3, -0.25) is 4.79 Å². The number of aromatic nitrogens is 1. The minimum absolute atomic E-state index is 0.0199. The molecule has 4 aliphatic rings. The minimum Gasteiger partial charge on any atom is -0.497 e. The number of nitrogens with one attached hydrogen (secondary N) is 1. The van der Waals surface area contributed by atoms with Gasteiger partial charge in [0.1, 0.15) is 30.0 Å². The van der Waals surface area contributed by atoms with E-state index in [1.54, 1.807) is 7.11 Å². The molecule has 2 aromatic carbocycles. The number of amides is 1. The van der Waals surface area contributed by atoms with Gasteiger partial charge in [0, 0.05) is 42.7 Å². The number of nitrogens with zero attached hydrogens (tertiary/aromatic N) is 3. The minimum atomic E-state index is -0.0199. The van der Waals surface area contributed by atoms with Gasteiger partial charge in [0.05, 0.1) is 30.6 Å². The number of methoxy groups -OCH3 is 1. The Balaban J connectivity index is 1.27. The van der Waals surface area contributed by atoms with E-state index in [1.807, 2.05) is 23.1 Å². The Kier molecular flexibility index (Phi) is 5.06. The molecule has 8 heteroatoms. The first-order chi connectivity index (χ1) is 17.6. The lowest BCUT2D eigenvalue weighted by Crippen LogP contribution is -2.45. The van der Waals surface area contributed by atoms with Crippen molar-refractivity contribution in [3.8, 4) is 11.5 Å². The van der Waals surface area contributed by atoms with E-state index in [1.165, 1.54) is 29.4 Å². The second-order valence-electron chi connectivity index (χ2n) is 10.7. The molecule has 0 spiro atoms. The van der Waals surface area contributed by atoms with Crippen molar-refractivity contribution in [3.05, 3.63) is 47.7 Å². The molecule has 0 bridgehead atoms. The molecule has 3 aromatic rings. The van der Waals surface area contributed by atoms with Gasteiger partial charge in [-0.15, -0.1) is 0 Å². The third-order valence-electron chi connectivity index (χ3n) is 8.11. The number of anilines is 2. The lowest BCUT2D eigenvalue weighted by Gasteiger charge is -2.33. The van der Waals surface area contributed by atoms with E-state index >= 15 is 0 Å². The van der Waals surface area contributed by atoms with E-state index in [-0.39, 0.29) is 18.1 Å². The first-order valence-electron chi connectivity index (χ1n) is 13.1. The van der Waals surface area contributed by atoms with E-state index in [4.69, 9.17) is 15.2 Å². The van der Waals surface area contributed by atoms with Gasteiger partial charge in [-0.25, -0.2) is 0 Å². The average Bonchev–Trinajstić information content (AvgIpc) is 3.55. The van der Waals surface area contributed by atoms with Gasteiger partial charge in [-0.1, -0.05) is 0 Å². The molecule has 4 heterocycles. The summed E-state index contributed by atoms with van der Waals surface area (Å²) in [5.41, 5.74) is 11.3. The topological polar surface area (TPSA) is 85.0 Å². The number of likely N-dealkylation sites (tertiary alicyclic amines) is 1. The summed E-state index contributed by atoms with van der Waals surface area (Å²) in [5, 5.41) is 4.98. The molecule has 8 nitrogen and oxygen atoms in total. The second-order valence-corrected chi connectivity index (χ2v) is 10.7. The van der Waals surface area contributed by atoms with Gasteiger partial charge >= 0.3 is 0 Å². The highest BCUT2D eigenvalue weighted by atomic mass is 16.5. The van der Waals surface area contributed by atoms with Gasteiger partial charge in [0.25, 0.3) is 5.91 Å². The fourth-order valence-corrected chi connectivity index (χ4v) is 6.08. The number of piperidine rings is 1. The number of hydrogen-bond acceptors (Lipinski definition) is 6. The summed E-state index contributed by atoms with van der Waals surface area (Å²) >= 11 is 0. The van der Waals surface area contributed by atoms with Crippen LogP contribution in [0.5, 0.6) is 11.5 Å². The van der Waals surface area contributed by atoms with Crippen LogP contribution in [0.1, 0.15) is 47.9 Å². The van der Waals surface area contributed by atoms with Crippen LogP contribution in [0.4, 0.5) is 11.4 Å². The summed E-state index contributed by atoms with van der Waals surface area (Å²) in [6, 6.07) is 12.6. The van der Waals surface area contributed by atoms with E-state index in [0.717, 1.165) is 61.3 Å². The van der Waals surface area contributed by atoms with Crippen LogP contribution >= 0.6 is 0 Å². The van der Waals surface area contributed by atoms with Crippen molar-refractivity contribution in [2.24, 2.45) is 11.7 Å². The Hall–Kier alpha value is -3.39. The highest BCUT2D eigenvalue weighted by Crippen LogP contribution is 2.50. The molecule has 1 aliphatic carbocycles. The fourth-order valence-electron chi connectivity index (χ4n) is 6.08. The zero-order valence-corrected chi connectivity index (χ0v) is 20.7. The zero-order chi connectivity index (χ0) is 24.4. The molecular weight excluding hydrogens is 454 g/mol. The molecule has 1 amide bonds. The summed E-state index contributed by atoms with van der Waals surface area (Å²) in [7, 11) is 1.72. The van der Waals surface area contributed by atoms with E-state index < -0.39 is 0 Å². The molecule has 0 radical (unpaired) electrons. The van der Waals surface area contributed by atoms with E-state index in [9.17, 15) is 4.79 Å². The molecular formula is C28H33N5O3. The van der Waals surface area contributed by atoms with Crippen LogP contribution in [0.2, 0.25) is 0 Å². The summed E-state index contributed by atoms with van der Waals surface area (Å²) in [6.07, 6.45) is 4.48. The first-order valence-corrected chi connectivity index (χ1v) is 13.1. The maximum absolute atomic E-state index is 13.4. The molecule has 7 rings (SSSR count). The highest BCUT2D eigenvalue weighted by molar-refractivity contribution is 5.99. The number of benzene rings is 2. The van der Waals surface area contributed by atoms with Gasteiger partial charge in [0.2, 0.25) is 0 Å². The Labute approximate surface area is 210 Å². The standard InChI is InChI=1S/C28H33N5O3/c1-35-21-7-6-18-12-24(33(23(18)14-21)15-17-4-5-17)27-30-22-11-19(13-25-26(22)32(27)9-10-36-25)28(34)31-8-2-3-20(29)16-31/h6-7,11-14,17,20,27,30H,2-5,8-10,15-16,29H2,1H3/t20?,27-/m1/s1. The summed E-state index contributed by atoms with van der Waals surface area (Å²) in [5.74, 6) is 2.42. The number of ether oxygens (including phenoxy) is 2. The molecule has 2 atom stereocenters. The van der Waals surface area contributed by atoms with Crippen molar-refractivity contribution >= 4 is 28.2 Å². The zero-order valence-electron chi connectivity index (χ0n) is 20.7. The second kappa shape index (κ2) is 8.34. The summed E-state index contributed by atoms with van der Waals surface area (Å²) < 4.78 is 14.1. The van der Waals surface area contributed by atoms with Crippen LogP contribution in [0, 0.1) is 5.92 Å². The van der Waals surface area contributed by atoms with Gasteiger partial charge in [-0.2, -0.15) is 0 Å². The van der Waals surface area contributed by atoms with Crippen LogP contribution in [0.3, 0.4) is 0 Å². The van der Waals surface area contributed by atoms with Crippen molar-refractivity contribution in [2.75, 3.05) is 43.6 Å². The Morgan fingerprint density at radius 3 is 2.86 bits per heavy atom. The maximum Gasteiger partial charge on any atom is 0.254 e. The molecule has 3 aliphatic heterocycles. The van der Waals surface area contributed by atoms with Crippen LogP contribution in [0.15, 0.2) is 36.4 Å². The Morgan fingerprint density at radius 2 is 2.06 bits per heavy atom. The van der Waals surface area contributed by atoms with Gasteiger partial charge < -0.3 is 34.9 Å². The van der Waals surface area contributed by atoms with Crippen molar-refractivity contribution in [1.29, 1.82) is 0 Å². The molecule has 1 unspecified atom stereocenters. The van der Waals surface area contributed by atoms with Crippen molar-refractivity contribution in [3.63, 3.8) is 0 Å². The molecule has 188 valence electrons. The lowest BCUT2D eigenvalue weighted by atomic mass is 10.0. The molecule has 3 N–H and O–H groups in total. The predicted molar refractivity (Wildman–Crippen MR) is 140 cm³/mol. The average molecular weight is 488 g/mol. The van der Waals surface area contributed by atoms with Gasteiger partial charge in [-0.05, 0) is 61.9 Å². The predicted octanol–water partition coefficient (Wildman–Crippen LogP) is 3.95. The lowest BCUT2D eigenvalue weighted by molar-refractivity contribution is 0.0708. The number of rotatable bonds is 5. The van der Waals surface area contributed by atoms with Crippen molar-refractivity contribution in [2.45, 2.75) is 44.4 Å². The van der Waals surface area contributed by atoms with E-state index in [0.29, 0.717) is 18.7 Å². The largest absolute Gasteiger partial charge is 0.497 e. The number of fused-ring (bicyclic) bond motifs is 1. The number of nitrogens with two attached hydrogens (primary N) is 1. The van der Waals surface area contributed by atoms with E-state index in [2.05, 4.69) is 33.0 Å². The number of hydrogen-bond donors (Lipinski definition) is 2.